The number of rotatable bonds is 7. The van der Waals surface area contributed by atoms with Crippen LogP contribution in [0.15, 0.2) is 42.9 Å². The zero-order chi connectivity index (χ0) is 11.8. The molecule has 2 rings (SSSR count). The Morgan fingerprint density at radius 2 is 1.65 bits per heavy atom. The molecule has 0 aliphatic heterocycles. The fraction of sp³-hybridized carbons (Fsp3) is 0.400. The van der Waals surface area contributed by atoms with Gasteiger partial charge in [0.25, 0.3) is 0 Å². The first-order valence-electron chi connectivity index (χ1n) is 6.47. The lowest BCUT2D eigenvalue weighted by molar-refractivity contribution is 0.637. The van der Waals surface area contributed by atoms with Gasteiger partial charge in [-0.1, -0.05) is 43.2 Å². The van der Waals surface area contributed by atoms with Crippen LogP contribution in [0.3, 0.4) is 0 Å². The van der Waals surface area contributed by atoms with Crippen LogP contribution in [0.1, 0.15) is 36.9 Å². The Labute approximate surface area is 103 Å². The smallest absolute Gasteiger partial charge is 0.0923 e. The summed E-state index contributed by atoms with van der Waals surface area (Å²) in [5, 5.41) is 0. The van der Waals surface area contributed by atoms with E-state index >= 15 is 0 Å². The molecule has 0 saturated heterocycles. The quantitative estimate of drug-likeness (QED) is 0.718. The molecule has 1 aromatic heterocycles. The van der Waals surface area contributed by atoms with E-state index < -0.39 is 0 Å². The second kappa shape index (κ2) is 6.89. The molecular formula is C15H20N2. The monoisotopic (exact) mass is 228 g/mol. The van der Waals surface area contributed by atoms with Gasteiger partial charge in [-0.3, -0.25) is 0 Å². The summed E-state index contributed by atoms with van der Waals surface area (Å²) >= 11 is 0. The summed E-state index contributed by atoms with van der Waals surface area (Å²) in [6.45, 7) is 0. The Morgan fingerprint density at radius 1 is 0.882 bits per heavy atom. The number of hydrogen-bond donors (Lipinski definition) is 1. The highest BCUT2D eigenvalue weighted by molar-refractivity contribution is 5.14. The number of aromatic nitrogens is 2. The van der Waals surface area contributed by atoms with Crippen LogP contribution in [0.2, 0.25) is 0 Å². The number of aryl methyl sites for hydroxylation is 2. The first kappa shape index (κ1) is 11.9. The van der Waals surface area contributed by atoms with Crippen LogP contribution in [-0.2, 0) is 12.8 Å². The average molecular weight is 228 g/mol. The molecule has 1 heterocycles. The van der Waals surface area contributed by atoms with E-state index in [9.17, 15) is 0 Å². The molecule has 0 spiro atoms. The average Bonchev–Trinajstić information content (AvgIpc) is 2.88. The Balaban J connectivity index is 1.52. The van der Waals surface area contributed by atoms with Crippen molar-refractivity contribution in [3.05, 3.63) is 54.1 Å². The summed E-state index contributed by atoms with van der Waals surface area (Å²) in [4.78, 5) is 7.22. The van der Waals surface area contributed by atoms with Crippen LogP contribution in [0.5, 0.6) is 0 Å². The number of aromatic amines is 1. The predicted molar refractivity (Wildman–Crippen MR) is 70.9 cm³/mol. The van der Waals surface area contributed by atoms with Crippen molar-refractivity contribution in [1.82, 2.24) is 9.97 Å². The molecule has 2 heteroatoms. The van der Waals surface area contributed by atoms with Crippen molar-refractivity contribution in [1.29, 1.82) is 0 Å². The van der Waals surface area contributed by atoms with Crippen LogP contribution >= 0.6 is 0 Å². The molecule has 90 valence electrons. The largest absolute Gasteiger partial charge is 0.351 e. The van der Waals surface area contributed by atoms with Gasteiger partial charge in [0.05, 0.1) is 12.0 Å². The van der Waals surface area contributed by atoms with Crippen molar-refractivity contribution in [2.45, 2.75) is 38.5 Å². The van der Waals surface area contributed by atoms with E-state index in [0.717, 1.165) is 6.42 Å². The second-order valence-corrected chi connectivity index (χ2v) is 4.46. The molecular weight excluding hydrogens is 208 g/mol. The Morgan fingerprint density at radius 3 is 2.35 bits per heavy atom. The van der Waals surface area contributed by atoms with Gasteiger partial charge < -0.3 is 4.98 Å². The van der Waals surface area contributed by atoms with Crippen LogP contribution in [0.25, 0.3) is 0 Å². The number of imidazole rings is 1. The van der Waals surface area contributed by atoms with E-state index in [1.165, 1.54) is 43.4 Å². The van der Waals surface area contributed by atoms with E-state index in [1.54, 1.807) is 6.33 Å². The number of H-pyrrole nitrogens is 1. The maximum atomic E-state index is 4.23. The lowest BCUT2D eigenvalue weighted by atomic mass is 10.1. The minimum absolute atomic E-state index is 1.11. The molecule has 0 aliphatic rings. The van der Waals surface area contributed by atoms with Crippen molar-refractivity contribution in [2.24, 2.45) is 0 Å². The Hall–Kier alpha value is -1.57. The highest BCUT2D eigenvalue weighted by Gasteiger charge is 1.96. The van der Waals surface area contributed by atoms with Gasteiger partial charge in [-0.2, -0.15) is 0 Å². The van der Waals surface area contributed by atoms with Crippen molar-refractivity contribution < 1.29 is 0 Å². The number of unbranched alkanes of at least 4 members (excludes halogenated alkanes) is 3. The van der Waals surface area contributed by atoms with E-state index in [0.29, 0.717) is 0 Å². The molecule has 2 aromatic rings. The van der Waals surface area contributed by atoms with Crippen LogP contribution in [0.4, 0.5) is 0 Å². The van der Waals surface area contributed by atoms with Gasteiger partial charge in [-0.05, 0) is 31.2 Å². The highest BCUT2D eigenvalue weighted by Crippen LogP contribution is 2.09. The first-order valence-corrected chi connectivity index (χ1v) is 6.47. The molecule has 1 N–H and O–H groups in total. The molecule has 0 amide bonds. The molecule has 0 fully saturated rings. The number of nitrogens with zero attached hydrogens (tertiary/aromatic N) is 1. The number of nitrogens with one attached hydrogen (secondary N) is 1. The summed E-state index contributed by atoms with van der Waals surface area (Å²) in [5.74, 6) is 0. The maximum absolute atomic E-state index is 4.23. The standard InChI is InChI=1S/C15H20N2/c1(2-7-11-15-12-16-13-17-15)4-8-14-9-5-3-6-10-14/h3,5-6,9-10,12-13H,1-2,4,7-8,11H2,(H,16,17). The zero-order valence-corrected chi connectivity index (χ0v) is 10.2. The van der Waals surface area contributed by atoms with Gasteiger partial charge in [0.15, 0.2) is 0 Å². The second-order valence-electron chi connectivity index (χ2n) is 4.46. The molecule has 0 aliphatic carbocycles. The summed E-state index contributed by atoms with van der Waals surface area (Å²) in [5.41, 5.74) is 2.65. The molecule has 2 nitrogen and oxygen atoms in total. The van der Waals surface area contributed by atoms with Gasteiger partial charge in [0.1, 0.15) is 0 Å². The maximum Gasteiger partial charge on any atom is 0.0923 e. The van der Waals surface area contributed by atoms with E-state index in [2.05, 4.69) is 40.3 Å². The van der Waals surface area contributed by atoms with Crippen LogP contribution < -0.4 is 0 Å². The zero-order valence-electron chi connectivity index (χ0n) is 10.2. The normalized spacial score (nSPS) is 10.6. The summed E-state index contributed by atoms with van der Waals surface area (Å²) in [6, 6.07) is 10.7. The van der Waals surface area contributed by atoms with Gasteiger partial charge >= 0.3 is 0 Å². The fourth-order valence-corrected chi connectivity index (χ4v) is 2.06. The van der Waals surface area contributed by atoms with Crippen LogP contribution in [0, 0.1) is 0 Å². The van der Waals surface area contributed by atoms with Crippen molar-refractivity contribution in [3.8, 4) is 0 Å². The molecule has 17 heavy (non-hydrogen) atoms. The summed E-state index contributed by atoms with van der Waals surface area (Å²) in [6.07, 6.45) is 11.2. The lowest BCUT2D eigenvalue weighted by Crippen LogP contribution is -1.88. The van der Waals surface area contributed by atoms with Crippen molar-refractivity contribution in [2.75, 3.05) is 0 Å². The Kier molecular flexibility index (Phi) is 4.83. The van der Waals surface area contributed by atoms with Gasteiger partial charge in [-0.15, -0.1) is 0 Å². The van der Waals surface area contributed by atoms with Crippen molar-refractivity contribution in [3.63, 3.8) is 0 Å². The third-order valence-electron chi connectivity index (χ3n) is 3.05. The Bertz CT molecular complexity index is 392. The van der Waals surface area contributed by atoms with Gasteiger partial charge in [0.2, 0.25) is 0 Å². The lowest BCUT2D eigenvalue weighted by Gasteiger charge is -2.01. The van der Waals surface area contributed by atoms with Crippen LogP contribution in [-0.4, -0.2) is 9.97 Å². The molecule has 1 aromatic carbocycles. The molecule has 0 atom stereocenters. The summed E-state index contributed by atoms with van der Waals surface area (Å²) < 4.78 is 0. The van der Waals surface area contributed by atoms with Gasteiger partial charge in [-0.25, -0.2) is 4.98 Å². The molecule has 0 radical (unpaired) electrons. The molecule has 0 saturated carbocycles. The van der Waals surface area contributed by atoms with Crippen molar-refractivity contribution >= 4 is 0 Å². The minimum atomic E-state index is 1.11. The summed E-state index contributed by atoms with van der Waals surface area (Å²) in [7, 11) is 0. The predicted octanol–water partition coefficient (Wildman–Crippen LogP) is 3.76. The van der Waals surface area contributed by atoms with E-state index in [1.807, 2.05) is 6.20 Å². The van der Waals surface area contributed by atoms with Gasteiger partial charge in [0, 0.05) is 6.20 Å². The number of benzene rings is 1. The third kappa shape index (κ3) is 4.43. The van der Waals surface area contributed by atoms with E-state index in [-0.39, 0.29) is 0 Å². The minimum Gasteiger partial charge on any atom is -0.351 e. The molecule has 0 unspecified atom stereocenters. The van der Waals surface area contributed by atoms with E-state index in [4.69, 9.17) is 0 Å². The molecule has 0 bridgehead atoms. The SMILES string of the molecule is c1ccc(CCCCCCc2c[nH]cn2)cc1. The highest BCUT2D eigenvalue weighted by atomic mass is 14.9. The first-order chi connectivity index (χ1) is 8.45. The number of hydrogen-bond acceptors (Lipinski definition) is 1. The topological polar surface area (TPSA) is 28.7 Å². The third-order valence-corrected chi connectivity index (χ3v) is 3.05. The fourth-order valence-electron chi connectivity index (χ4n) is 2.06.